The largest absolute Gasteiger partial charge is 0.355 e. The fraction of sp³-hybridized carbons (Fsp3) is 0.682. The van der Waals surface area contributed by atoms with Crippen LogP contribution in [0.15, 0.2) is 24.4 Å². The highest BCUT2D eigenvalue weighted by Crippen LogP contribution is 2.45. The smallest absolute Gasteiger partial charge is 0.228 e. The van der Waals surface area contributed by atoms with Gasteiger partial charge < -0.3 is 15.1 Å². The minimum Gasteiger partial charge on any atom is -0.355 e. The third-order valence-electron chi connectivity index (χ3n) is 7.10. The summed E-state index contributed by atoms with van der Waals surface area (Å²) in [6.07, 6.45) is 8.11. The van der Waals surface area contributed by atoms with Crippen LogP contribution in [0.4, 0.5) is 5.82 Å². The van der Waals surface area contributed by atoms with E-state index in [0.717, 1.165) is 51.1 Å². The molecule has 0 aromatic carbocycles. The number of pyridine rings is 1. The van der Waals surface area contributed by atoms with Gasteiger partial charge in [-0.3, -0.25) is 9.59 Å². The Labute approximate surface area is 166 Å². The molecule has 0 spiro atoms. The highest BCUT2D eigenvalue weighted by Gasteiger charge is 2.54. The average Bonchev–Trinajstić information content (AvgIpc) is 3.63. The van der Waals surface area contributed by atoms with Gasteiger partial charge in [-0.2, -0.15) is 0 Å². The van der Waals surface area contributed by atoms with E-state index in [4.69, 9.17) is 0 Å². The van der Waals surface area contributed by atoms with Gasteiger partial charge in [0.25, 0.3) is 0 Å². The first kappa shape index (κ1) is 18.0. The molecule has 2 amide bonds. The van der Waals surface area contributed by atoms with Crippen molar-refractivity contribution in [2.45, 2.75) is 38.5 Å². The zero-order chi connectivity index (χ0) is 19.1. The maximum absolute atomic E-state index is 13.4. The molecule has 1 N–H and O–H groups in total. The predicted octanol–water partition coefficient (Wildman–Crippen LogP) is 2.06. The average molecular weight is 383 g/mol. The first-order chi connectivity index (χ1) is 13.7. The number of amides is 2. The molecule has 0 bridgehead atoms. The highest BCUT2D eigenvalue weighted by atomic mass is 16.2. The number of anilines is 1. The molecule has 2 aliphatic heterocycles. The Balaban J connectivity index is 1.39. The fourth-order valence-electron chi connectivity index (χ4n) is 5.04. The Kier molecular flexibility index (Phi) is 4.52. The van der Waals surface area contributed by atoms with E-state index in [0.29, 0.717) is 24.9 Å². The lowest BCUT2D eigenvalue weighted by atomic mass is 9.74. The zero-order valence-corrected chi connectivity index (χ0v) is 16.5. The molecule has 0 unspecified atom stereocenters. The number of hydrogen-bond donors (Lipinski definition) is 1. The lowest BCUT2D eigenvalue weighted by Crippen LogP contribution is -2.48. The van der Waals surface area contributed by atoms with Crippen LogP contribution in [-0.4, -0.2) is 54.4 Å². The second-order valence-corrected chi connectivity index (χ2v) is 9.24. The van der Waals surface area contributed by atoms with Crippen molar-refractivity contribution in [3.05, 3.63) is 24.4 Å². The summed E-state index contributed by atoms with van der Waals surface area (Å²) in [4.78, 5) is 35.0. The van der Waals surface area contributed by atoms with Gasteiger partial charge in [0.05, 0.1) is 5.41 Å². The molecule has 3 heterocycles. The van der Waals surface area contributed by atoms with Gasteiger partial charge >= 0.3 is 0 Å². The Morgan fingerprint density at radius 2 is 2.04 bits per heavy atom. The van der Waals surface area contributed by atoms with Crippen LogP contribution < -0.4 is 10.2 Å². The van der Waals surface area contributed by atoms with Crippen molar-refractivity contribution in [1.29, 1.82) is 0 Å². The Morgan fingerprint density at radius 1 is 1.18 bits per heavy atom. The molecule has 5 rings (SSSR count). The normalized spacial score (nSPS) is 29.9. The second kappa shape index (κ2) is 7.05. The maximum atomic E-state index is 13.4. The van der Waals surface area contributed by atoms with E-state index in [1.165, 1.54) is 12.8 Å². The molecule has 150 valence electrons. The number of carbonyl (C=O) groups excluding carboxylic acids is 2. The molecule has 0 radical (unpaired) electrons. The van der Waals surface area contributed by atoms with Crippen LogP contribution in [0.1, 0.15) is 38.5 Å². The summed E-state index contributed by atoms with van der Waals surface area (Å²) < 4.78 is 0. The van der Waals surface area contributed by atoms with Crippen molar-refractivity contribution in [3.63, 3.8) is 0 Å². The van der Waals surface area contributed by atoms with E-state index in [1.54, 1.807) is 0 Å². The summed E-state index contributed by atoms with van der Waals surface area (Å²) in [5.41, 5.74) is -0.412. The monoisotopic (exact) mass is 382 g/mol. The minimum absolute atomic E-state index is 0.166. The molecule has 2 atom stereocenters. The third-order valence-corrected chi connectivity index (χ3v) is 7.10. The topological polar surface area (TPSA) is 65.5 Å². The summed E-state index contributed by atoms with van der Waals surface area (Å²) in [7, 11) is 0. The molecule has 1 aromatic heterocycles. The van der Waals surface area contributed by atoms with E-state index in [2.05, 4.69) is 20.1 Å². The molecular weight excluding hydrogens is 352 g/mol. The van der Waals surface area contributed by atoms with Crippen molar-refractivity contribution >= 4 is 17.6 Å². The Morgan fingerprint density at radius 3 is 2.75 bits per heavy atom. The molecule has 6 nitrogen and oxygen atoms in total. The molecule has 2 saturated heterocycles. The van der Waals surface area contributed by atoms with Crippen molar-refractivity contribution in [1.82, 2.24) is 15.2 Å². The molecule has 6 heteroatoms. The number of fused-ring (bicyclic) bond motifs is 1. The number of rotatable bonds is 5. The van der Waals surface area contributed by atoms with E-state index in [1.807, 2.05) is 24.4 Å². The Bertz CT molecular complexity index is 746. The van der Waals surface area contributed by atoms with E-state index < -0.39 is 5.41 Å². The minimum atomic E-state index is -0.412. The van der Waals surface area contributed by atoms with Gasteiger partial charge in [0.1, 0.15) is 5.82 Å². The molecule has 4 aliphatic rings. The molecule has 4 fully saturated rings. The van der Waals surface area contributed by atoms with E-state index >= 15 is 0 Å². The number of nitrogens with one attached hydrogen (secondary N) is 1. The van der Waals surface area contributed by atoms with Crippen LogP contribution in [0, 0.1) is 23.2 Å². The van der Waals surface area contributed by atoms with Gasteiger partial charge in [-0.15, -0.1) is 0 Å². The third kappa shape index (κ3) is 3.38. The van der Waals surface area contributed by atoms with Gasteiger partial charge in [-0.05, 0) is 56.6 Å². The summed E-state index contributed by atoms with van der Waals surface area (Å²) in [5.74, 6) is 2.52. The van der Waals surface area contributed by atoms with Gasteiger partial charge in [-0.1, -0.05) is 6.07 Å². The van der Waals surface area contributed by atoms with Crippen LogP contribution in [-0.2, 0) is 9.59 Å². The maximum Gasteiger partial charge on any atom is 0.228 e. The second-order valence-electron chi connectivity index (χ2n) is 9.24. The van der Waals surface area contributed by atoms with Crippen LogP contribution >= 0.6 is 0 Å². The highest BCUT2D eigenvalue weighted by molar-refractivity contribution is 5.85. The summed E-state index contributed by atoms with van der Waals surface area (Å²) in [6, 6.07) is 5.94. The summed E-state index contributed by atoms with van der Waals surface area (Å²) >= 11 is 0. The molecular formula is C22H30N4O2. The zero-order valence-electron chi connectivity index (χ0n) is 16.5. The van der Waals surface area contributed by atoms with Gasteiger partial charge in [0.15, 0.2) is 0 Å². The van der Waals surface area contributed by atoms with Crippen LogP contribution in [0.3, 0.4) is 0 Å². The molecule has 1 aromatic rings. The lowest BCUT2D eigenvalue weighted by Gasteiger charge is -2.32. The van der Waals surface area contributed by atoms with Crippen molar-refractivity contribution < 1.29 is 9.59 Å². The number of aromatic nitrogens is 1. The first-order valence-corrected chi connectivity index (χ1v) is 10.9. The number of carbonyl (C=O) groups is 2. The predicted molar refractivity (Wildman–Crippen MR) is 107 cm³/mol. The lowest BCUT2D eigenvalue weighted by molar-refractivity contribution is -0.136. The van der Waals surface area contributed by atoms with Crippen molar-refractivity contribution in [3.8, 4) is 0 Å². The SMILES string of the molecule is O=C(C1CC1)N1CCC[C@]2(C(=O)NCC3CC3)CN(c3ccccn3)C[C@@H]2C1. The van der Waals surface area contributed by atoms with Crippen molar-refractivity contribution in [2.24, 2.45) is 23.2 Å². The van der Waals surface area contributed by atoms with Crippen LogP contribution in [0.25, 0.3) is 0 Å². The van der Waals surface area contributed by atoms with Crippen LogP contribution in [0.2, 0.25) is 0 Å². The number of hydrogen-bond acceptors (Lipinski definition) is 4. The standard InChI is InChI=1S/C22H30N4O2/c27-20(17-7-8-17)25-11-3-9-22(21(28)24-12-16-5-6-16)15-26(14-18(22)13-25)19-4-1-2-10-23-19/h1-2,4,10,16-18H,3,5-9,11-15H2,(H,24,28)/t18-,22-/m0/s1. The van der Waals surface area contributed by atoms with Gasteiger partial charge in [0, 0.05) is 50.8 Å². The van der Waals surface area contributed by atoms with E-state index in [9.17, 15) is 9.59 Å². The van der Waals surface area contributed by atoms with Gasteiger partial charge in [0.2, 0.25) is 11.8 Å². The van der Waals surface area contributed by atoms with Gasteiger partial charge in [-0.25, -0.2) is 4.98 Å². The summed E-state index contributed by atoms with van der Waals surface area (Å²) in [6.45, 7) is 3.81. The molecule has 28 heavy (non-hydrogen) atoms. The first-order valence-electron chi connectivity index (χ1n) is 10.9. The molecule has 2 saturated carbocycles. The van der Waals surface area contributed by atoms with Crippen molar-refractivity contribution in [2.75, 3.05) is 37.6 Å². The quantitative estimate of drug-likeness (QED) is 0.847. The number of nitrogens with zero attached hydrogens (tertiary/aromatic N) is 3. The summed E-state index contributed by atoms with van der Waals surface area (Å²) in [5, 5.41) is 3.27. The fourth-order valence-corrected chi connectivity index (χ4v) is 5.04. The van der Waals surface area contributed by atoms with Crippen LogP contribution in [0.5, 0.6) is 0 Å². The van der Waals surface area contributed by atoms with E-state index in [-0.39, 0.29) is 17.7 Å². The molecule has 2 aliphatic carbocycles. The number of likely N-dealkylation sites (tertiary alicyclic amines) is 1. The Hall–Kier alpha value is -2.11.